The van der Waals surface area contributed by atoms with Gasteiger partial charge in [-0.2, -0.15) is 0 Å². The van der Waals surface area contributed by atoms with Gasteiger partial charge in [0, 0.05) is 61.5 Å². The summed E-state index contributed by atoms with van der Waals surface area (Å²) in [6.45, 7) is 14.1. The van der Waals surface area contributed by atoms with Gasteiger partial charge in [0.25, 0.3) is 0 Å². The molecule has 22 aromatic carbocycles. The number of fused-ring (bicyclic) bond motifs is 11. The van der Waals surface area contributed by atoms with Crippen molar-refractivity contribution in [2.24, 2.45) is 0 Å². The molecular weight excluding hydrogens is 1740 g/mol. The highest BCUT2D eigenvalue weighted by molar-refractivity contribution is 5.99. The Morgan fingerprint density at radius 1 is 0.174 bits per heavy atom. The van der Waals surface area contributed by atoms with Crippen LogP contribution in [0.15, 0.2) is 522 Å². The first kappa shape index (κ1) is 88.0. The molecule has 0 unspecified atom stereocenters. The Bertz CT molecular complexity index is 8580. The van der Waals surface area contributed by atoms with Crippen molar-refractivity contribution < 1.29 is 4.74 Å². The molecule has 1 heterocycles. The average Bonchev–Trinajstić information content (AvgIpc) is 1.53. The van der Waals surface area contributed by atoms with E-state index in [0.717, 1.165) is 68.7 Å². The zero-order valence-corrected chi connectivity index (χ0v) is 81.7. The fourth-order valence-corrected chi connectivity index (χ4v) is 23.6. The van der Waals surface area contributed by atoms with Gasteiger partial charge in [-0.05, 0) is 323 Å². The zero-order valence-electron chi connectivity index (χ0n) is 81.7. The number of ether oxygens (including phenoxy) is 1. The molecule has 4 aliphatic rings. The Labute approximate surface area is 845 Å². The van der Waals surface area contributed by atoms with Gasteiger partial charge < -0.3 is 14.5 Å². The van der Waals surface area contributed by atoms with Crippen molar-refractivity contribution in [2.45, 2.75) is 69.6 Å². The van der Waals surface area contributed by atoms with Crippen LogP contribution in [0.4, 0.5) is 34.1 Å². The van der Waals surface area contributed by atoms with Gasteiger partial charge >= 0.3 is 0 Å². The minimum Gasteiger partial charge on any atom is -0.457 e. The van der Waals surface area contributed by atoms with Crippen molar-refractivity contribution in [1.82, 2.24) is 0 Å². The molecule has 0 fully saturated rings. The molecule has 0 radical (unpaired) electrons. The van der Waals surface area contributed by atoms with Crippen LogP contribution in [0.5, 0.6) is 11.5 Å². The minimum absolute atomic E-state index is 0.0569. The van der Waals surface area contributed by atoms with Crippen LogP contribution in [0.25, 0.3) is 133 Å². The molecule has 0 spiro atoms. The van der Waals surface area contributed by atoms with Gasteiger partial charge in [0.05, 0.1) is 5.41 Å². The van der Waals surface area contributed by atoms with E-state index in [1.165, 1.54) is 183 Å². The summed E-state index contributed by atoms with van der Waals surface area (Å²) < 4.78 is 6.44. The highest BCUT2D eigenvalue weighted by Crippen LogP contribution is 2.60. The predicted molar refractivity (Wildman–Crippen MR) is 604 cm³/mol. The number of hydrogen-bond donors (Lipinski definition) is 0. The van der Waals surface area contributed by atoms with E-state index < -0.39 is 5.41 Å². The van der Waals surface area contributed by atoms with Gasteiger partial charge in [-0.3, -0.25) is 0 Å². The Morgan fingerprint density at radius 2 is 0.451 bits per heavy atom. The highest BCUT2D eigenvalue weighted by Gasteiger charge is 2.47. The number of anilines is 6. The lowest BCUT2D eigenvalue weighted by molar-refractivity contribution is 0.418. The lowest BCUT2D eigenvalue weighted by Crippen LogP contribution is -2.28. The molecule has 0 bridgehead atoms. The second-order valence-corrected chi connectivity index (χ2v) is 40.6. The maximum absolute atomic E-state index is 6.44. The number of para-hydroxylation sites is 1. The summed E-state index contributed by atoms with van der Waals surface area (Å²) in [5.41, 5.74) is 48.5. The Balaban J connectivity index is 0.000000153. The number of hydrogen-bond acceptors (Lipinski definition) is 3. The summed E-state index contributed by atoms with van der Waals surface area (Å²) >= 11 is 0. The zero-order chi connectivity index (χ0) is 96.8. The van der Waals surface area contributed by atoms with E-state index in [1.54, 1.807) is 0 Å². The van der Waals surface area contributed by atoms with Crippen molar-refractivity contribution >= 4 is 44.9 Å². The molecular formula is C141H106N2O. The molecule has 0 N–H and O–H groups in total. The monoisotopic (exact) mass is 1840 g/mol. The lowest BCUT2D eigenvalue weighted by Gasteiger charge is -2.35. The summed E-state index contributed by atoms with van der Waals surface area (Å²) in [5, 5.41) is 2.56. The van der Waals surface area contributed by atoms with Gasteiger partial charge in [0.15, 0.2) is 0 Å². The molecule has 0 atom stereocenters. The van der Waals surface area contributed by atoms with Crippen molar-refractivity contribution in [1.29, 1.82) is 0 Å². The molecule has 1 aliphatic heterocycles. The van der Waals surface area contributed by atoms with Crippen molar-refractivity contribution in [2.75, 3.05) is 9.80 Å². The van der Waals surface area contributed by atoms with Gasteiger partial charge in [-0.15, -0.1) is 0 Å². The molecule has 3 heteroatoms. The molecule has 3 aliphatic carbocycles. The summed E-state index contributed by atoms with van der Waals surface area (Å²) in [5.74, 6) is 1.84. The Hall–Kier alpha value is -17.5. The quantitative estimate of drug-likeness (QED) is 0.0904. The van der Waals surface area contributed by atoms with Crippen molar-refractivity contribution in [3.05, 3.63) is 588 Å². The van der Waals surface area contributed by atoms with Crippen LogP contribution in [0.3, 0.4) is 0 Å². The topological polar surface area (TPSA) is 15.7 Å². The molecule has 26 rings (SSSR count). The number of nitrogens with zero attached hydrogens (tertiary/aromatic N) is 2. The fourth-order valence-electron chi connectivity index (χ4n) is 23.6. The van der Waals surface area contributed by atoms with E-state index in [4.69, 9.17) is 4.74 Å². The third-order valence-corrected chi connectivity index (χ3v) is 31.2. The fraction of sp³-hybridized carbons (Fsp3) is 0.0780. The van der Waals surface area contributed by atoms with E-state index in [2.05, 4.69) is 567 Å². The van der Waals surface area contributed by atoms with Gasteiger partial charge in [-0.1, -0.05) is 436 Å². The molecule has 0 saturated heterocycles. The summed E-state index contributed by atoms with van der Waals surface area (Å²) in [6, 6.07) is 192. The van der Waals surface area contributed by atoms with Crippen molar-refractivity contribution in [3.63, 3.8) is 0 Å². The van der Waals surface area contributed by atoms with Crippen LogP contribution >= 0.6 is 0 Å². The number of rotatable bonds is 17. The largest absolute Gasteiger partial charge is 0.457 e. The van der Waals surface area contributed by atoms with Crippen LogP contribution in [0.2, 0.25) is 0 Å². The molecule has 0 amide bonds. The van der Waals surface area contributed by atoms with Crippen molar-refractivity contribution in [3.8, 4) is 134 Å². The van der Waals surface area contributed by atoms with Gasteiger partial charge in [-0.25, -0.2) is 0 Å². The smallest absolute Gasteiger partial charge is 0.131 e. The standard InChI is InChI=1S/C76H55NO.C65H51N/c1-75(2)69-28-15-16-29-73(69)78-74-47-38-61(51-72(74)75)56-34-43-66(44-35-56)77(64-39-30-54(31-40-64)58-23-17-22-57(48-58)52-18-7-3-8-19-52)65-41-32-55(33-42-65)60-37-46-68-67-45-36-59(53-20-9-4-10-21-53)49-70(67)76(71(68)50-60,62-24-11-5-12-25-62)63-26-13-6-14-27-63;1-64(2)60-20-11-9-16-51(60)39-52-22-21-48(40-61(52)64)45-25-33-54(34-26-45)66(53-31-23-44(24-32-53)43-13-6-5-7-14-43)55-35-27-46(28-36-55)49-29-37-58-59-38-30-50(42-63(59)65(3,4)62(58)41-49)57-19-12-17-47-15-8-10-18-56(47)57/h3-51H,1-2H3;5-38,40-42H,39H2,1-4H3. The second kappa shape index (κ2) is 36.0. The molecule has 0 aromatic heterocycles. The average molecular weight is 1840 g/mol. The first-order valence-electron chi connectivity index (χ1n) is 50.4. The van der Waals surface area contributed by atoms with E-state index in [9.17, 15) is 0 Å². The Kier molecular flexibility index (Phi) is 22.0. The van der Waals surface area contributed by atoms with E-state index in [-0.39, 0.29) is 16.2 Å². The molecule has 686 valence electrons. The highest BCUT2D eigenvalue weighted by atomic mass is 16.5. The third kappa shape index (κ3) is 15.5. The van der Waals surface area contributed by atoms with Crippen LogP contribution in [0, 0.1) is 0 Å². The molecule has 22 aromatic rings. The first-order valence-corrected chi connectivity index (χ1v) is 50.4. The molecule has 3 nitrogen and oxygen atoms in total. The van der Waals surface area contributed by atoms with Gasteiger partial charge in [0.1, 0.15) is 11.5 Å². The predicted octanol–water partition coefficient (Wildman–Crippen LogP) is 37.8. The van der Waals surface area contributed by atoms with Crippen LogP contribution in [-0.4, -0.2) is 0 Å². The summed E-state index contributed by atoms with van der Waals surface area (Å²) in [4.78, 5) is 4.75. The summed E-state index contributed by atoms with van der Waals surface area (Å²) in [6.07, 6.45) is 0.984. The molecule has 0 saturated carbocycles. The molecule has 144 heavy (non-hydrogen) atoms. The van der Waals surface area contributed by atoms with Gasteiger partial charge in [0.2, 0.25) is 0 Å². The van der Waals surface area contributed by atoms with E-state index in [0.29, 0.717) is 0 Å². The first-order chi connectivity index (χ1) is 70.6. The Morgan fingerprint density at radius 3 is 0.917 bits per heavy atom. The minimum atomic E-state index is -0.541. The maximum Gasteiger partial charge on any atom is 0.131 e. The number of benzene rings is 22. The lowest BCUT2D eigenvalue weighted by atomic mass is 9.67. The van der Waals surface area contributed by atoms with E-state index >= 15 is 0 Å². The second-order valence-electron chi connectivity index (χ2n) is 40.6. The maximum atomic E-state index is 6.44. The SMILES string of the molecule is CC1(C)c2ccccc2Cc2ccc(-c3ccc(N(c4ccc(-c5ccccc5)cc4)c4ccc(-c5ccc6c(c5)C(C)(C)c5cc(-c7cccc8ccccc78)ccc5-6)cc4)cc3)cc21.CC1(C)c2ccccc2Oc2ccc(-c3ccc(N(c4ccc(-c5cccc(-c6ccccc6)c5)cc4)c4ccc(-c5ccc6c(c5)C(c5ccccc5)(c5ccccc5)c5cc(-c7ccccc7)ccc5-6)cc4)cc3)cc21. The van der Waals surface area contributed by atoms with Crippen LogP contribution < -0.4 is 14.5 Å². The van der Waals surface area contributed by atoms with Crippen LogP contribution in [-0.2, 0) is 28.1 Å². The van der Waals surface area contributed by atoms with Crippen LogP contribution in [0.1, 0.15) is 108 Å². The summed E-state index contributed by atoms with van der Waals surface area (Å²) in [7, 11) is 0. The normalized spacial score (nSPS) is 13.6. The van der Waals surface area contributed by atoms with E-state index in [1.807, 2.05) is 6.07 Å². The third-order valence-electron chi connectivity index (χ3n) is 31.2.